The lowest BCUT2D eigenvalue weighted by molar-refractivity contribution is 0.286. The number of unbranched alkanes of at least 4 members (excludes halogenated alkanes) is 8. The molecule has 0 atom stereocenters. The molecule has 1 aromatic heterocycles. The zero-order valence-corrected chi connectivity index (χ0v) is 26.1. The van der Waals surface area contributed by atoms with Crippen molar-refractivity contribution in [2.75, 3.05) is 6.61 Å². The van der Waals surface area contributed by atoms with E-state index >= 15 is 0 Å². The van der Waals surface area contributed by atoms with E-state index in [1.54, 1.807) is 0 Å². The van der Waals surface area contributed by atoms with Crippen molar-refractivity contribution < 1.29 is 4.43 Å². The molecule has 1 heterocycles. The number of hydrogen-bond donors (Lipinski definition) is 0. The smallest absolute Gasteiger partial charge is 0.261 e. The van der Waals surface area contributed by atoms with Gasteiger partial charge in [-0.3, -0.25) is 4.98 Å². The SMILES string of the molecule is CC(C)(C)[Si](OCCCCCCCC/C=C\C#CCCCCc1cccnc1)(c1ccccc1)c1ccccc1. The summed E-state index contributed by atoms with van der Waals surface area (Å²) in [6.07, 6.45) is 21.1. The van der Waals surface area contributed by atoms with Gasteiger partial charge in [-0.1, -0.05) is 131 Å². The molecular formula is C37H49NOSi. The summed E-state index contributed by atoms with van der Waals surface area (Å²) in [7, 11) is -2.39. The zero-order valence-electron chi connectivity index (χ0n) is 25.1. The number of pyridine rings is 1. The fraction of sp³-hybridized carbons (Fsp3) is 0.432. The summed E-state index contributed by atoms with van der Waals surface area (Å²) in [6.45, 7) is 7.89. The van der Waals surface area contributed by atoms with E-state index in [1.165, 1.54) is 54.5 Å². The van der Waals surface area contributed by atoms with Crippen LogP contribution in [-0.4, -0.2) is 19.9 Å². The van der Waals surface area contributed by atoms with Gasteiger partial charge in [0, 0.05) is 25.4 Å². The molecule has 0 aliphatic rings. The van der Waals surface area contributed by atoms with Gasteiger partial charge in [-0.15, -0.1) is 0 Å². The average Bonchev–Trinajstić information content (AvgIpc) is 2.97. The molecule has 3 rings (SSSR count). The van der Waals surface area contributed by atoms with E-state index in [2.05, 4.69) is 110 Å². The molecule has 2 nitrogen and oxygen atoms in total. The summed E-state index contributed by atoms with van der Waals surface area (Å²) in [5.41, 5.74) is 1.32. The van der Waals surface area contributed by atoms with E-state index in [0.29, 0.717) is 0 Å². The number of rotatable bonds is 16. The van der Waals surface area contributed by atoms with Gasteiger partial charge in [-0.25, -0.2) is 0 Å². The highest BCUT2D eigenvalue weighted by Crippen LogP contribution is 2.36. The molecule has 0 fully saturated rings. The van der Waals surface area contributed by atoms with Crippen LogP contribution < -0.4 is 10.4 Å². The van der Waals surface area contributed by atoms with Crippen molar-refractivity contribution in [3.05, 3.63) is 103 Å². The van der Waals surface area contributed by atoms with Crippen molar-refractivity contribution >= 4 is 18.7 Å². The number of aromatic nitrogens is 1. The second kappa shape index (κ2) is 17.7. The topological polar surface area (TPSA) is 22.1 Å². The molecular weight excluding hydrogens is 502 g/mol. The van der Waals surface area contributed by atoms with Gasteiger partial charge in [0.05, 0.1) is 0 Å². The Kier molecular flexibility index (Phi) is 14.0. The summed E-state index contributed by atoms with van der Waals surface area (Å²) >= 11 is 0. The minimum Gasteiger partial charge on any atom is -0.407 e. The van der Waals surface area contributed by atoms with Crippen LogP contribution >= 0.6 is 0 Å². The van der Waals surface area contributed by atoms with Crippen molar-refractivity contribution in [2.45, 2.75) is 96.4 Å². The summed E-state index contributed by atoms with van der Waals surface area (Å²) in [6, 6.07) is 26.1. The van der Waals surface area contributed by atoms with E-state index in [4.69, 9.17) is 4.43 Å². The molecule has 40 heavy (non-hydrogen) atoms. The Morgan fingerprint density at radius 2 is 1.40 bits per heavy atom. The van der Waals surface area contributed by atoms with Gasteiger partial charge in [0.2, 0.25) is 0 Å². The summed E-state index contributed by atoms with van der Waals surface area (Å²) in [5.74, 6) is 6.48. The molecule has 0 unspecified atom stereocenters. The van der Waals surface area contributed by atoms with E-state index < -0.39 is 8.32 Å². The third kappa shape index (κ3) is 10.2. The van der Waals surface area contributed by atoms with Crippen LogP contribution in [0.2, 0.25) is 5.04 Å². The molecule has 0 bridgehead atoms. The minimum atomic E-state index is -2.39. The van der Waals surface area contributed by atoms with Gasteiger partial charge in [0.15, 0.2) is 0 Å². The Morgan fingerprint density at radius 3 is 2.02 bits per heavy atom. The molecule has 0 amide bonds. The maximum Gasteiger partial charge on any atom is 0.261 e. The number of nitrogens with zero attached hydrogens (tertiary/aromatic N) is 1. The molecule has 0 saturated carbocycles. The Balaban J connectivity index is 1.29. The van der Waals surface area contributed by atoms with Crippen LogP contribution in [0.5, 0.6) is 0 Å². The number of hydrogen-bond acceptors (Lipinski definition) is 2. The lowest BCUT2D eigenvalue weighted by Crippen LogP contribution is -2.66. The highest BCUT2D eigenvalue weighted by Gasteiger charge is 2.49. The summed E-state index contributed by atoms with van der Waals surface area (Å²) < 4.78 is 7.01. The van der Waals surface area contributed by atoms with Crippen LogP contribution in [0.15, 0.2) is 97.3 Å². The Bertz CT molecular complexity index is 1120. The fourth-order valence-electron chi connectivity index (χ4n) is 5.42. The first-order valence-electron chi connectivity index (χ1n) is 15.3. The van der Waals surface area contributed by atoms with Crippen molar-refractivity contribution in [3.8, 4) is 11.8 Å². The van der Waals surface area contributed by atoms with Crippen molar-refractivity contribution in [3.63, 3.8) is 0 Å². The van der Waals surface area contributed by atoms with E-state index in [9.17, 15) is 0 Å². The van der Waals surface area contributed by atoms with Gasteiger partial charge in [-0.2, -0.15) is 0 Å². The quantitative estimate of drug-likeness (QED) is 0.101. The van der Waals surface area contributed by atoms with Gasteiger partial charge in [0.25, 0.3) is 8.32 Å². The van der Waals surface area contributed by atoms with Crippen molar-refractivity contribution in [1.82, 2.24) is 4.98 Å². The van der Waals surface area contributed by atoms with Crippen LogP contribution in [0.3, 0.4) is 0 Å². The molecule has 0 aliphatic heterocycles. The number of allylic oxidation sites excluding steroid dienone is 2. The van der Waals surface area contributed by atoms with Crippen LogP contribution in [0.1, 0.15) is 90.5 Å². The predicted molar refractivity (Wildman–Crippen MR) is 175 cm³/mol. The first-order valence-corrected chi connectivity index (χ1v) is 17.2. The number of benzene rings is 2. The summed E-state index contributed by atoms with van der Waals surface area (Å²) in [5, 5.41) is 2.79. The normalized spacial score (nSPS) is 11.9. The summed E-state index contributed by atoms with van der Waals surface area (Å²) in [4.78, 5) is 4.17. The first kappa shape index (κ1) is 31.6. The molecule has 0 N–H and O–H groups in total. The second-order valence-corrected chi connectivity index (χ2v) is 16.0. The first-order chi connectivity index (χ1) is 19.5. The van der Waals surface area contributed by atoms with Crippen molar-refractivity contribution in [1.29, 1.82) is 0 Å². The standard InChI is InChI=1S/C37H49NOSi/c1-37(2,3)40(35-27-19-16-20-28-35,36-29-21-17-22-30-36)39-32-23-15-13-11-9-7-5-4-6-8-10-12-14-18-25-34-26-24-31-38-33-34/h4,6,16-17,19-22,24,26-31,33H,5,7,9,11-15,18,23,25,32H2,1-3H3/b6-4-. The molecule has 3 heteroatoms. The van der Waals surface area contributed by atoms with E-state index in [1.807, 2.05) is 24.5 Å². The maximum absolute atomic E-state index is 7.01. The molecule has 0 spiro atoms. The maximum atomic E-state index is 7.01. The monoisotopic (exact) mass is 551 g/mol. The second-order valence-electron chi connectivity index (χ2n) is 11.7. The van der Waals surface area contributed by atoms with Gasteiger partial charge in [0.1, 0.15) is 0 Å². The lowest BCUT2D eigenvalue weighted by atomic mass is 10.1. The van der Waals surface area contributed by atoms with E-state index in [-0.39, 0.29) is 5.04 Å². The highest BCUT2D eigenvalue weighted by atomic mass is 28.4. The zero-order chi connectivity index (χ0) is 28.4. The molecule has 0 saturated heterocycles. The molecule has 0 radical (unpaired) electrons. The minimum absolute atomic E-state index is 0.0495. The Labute approximate surface area is 245 Å². The van der Waals surface area contributed by atoms with Crippen LogP contribution in [-0.2, 0) is 10.8 Å². The van der Waals surface area contributed by atoms with Gasteiger partial charge >= 0.3 is 0 Å². The largest absolute Gasteiger partial charge is 0.407 e. The van der Waals surface area contributed by atoms with Crippen LogP contribution in [0, 0.1) is 11.8 Å². The van der Waals surface area contributed by atoms with Crippen LogP contribution in [0.4, 0.5) is 0 Å². The van der Waals surface area contributed by atoms with Crippen LogP contribution in [0.25, 0.3) is 0 Å². The molecule has 2 aromatic carbocycles. The Morgan fingerprint density at radius 1 is 0.750 bits per heavy atom. The third-order valence-electron chi connectivity index (χ3n) is 7.54. The van der Waals surface area contributed by atoms with E-state index in [0.717, 1.165) is 38.7 Å². The molecule has 212 valence electrons. The third-order valence-corrected chi connectivity index (χ3v) is 12.6. The molecule has 0 aliphatic carbocycles. The van der Waals surface area contributed by atoms with Crippen molar-refractivity contribution in [2.24, 2.45) is 0 Å². The lowest BCUT2D eigenvalue weighted by Gasteiger charge is -2.43. The van der Waals surface area contributed by atoms with Gasteiger partial charge in [-0.05, 0) is 71.6 Å². The fourth-order valence-corrected chi connectivity index (χ4v) is 10.0. The Hall–Kier alpha value is -2.93. The molecule has 3 aromatic rings. The predicted octanol–water partition coefficient (Wildman–Crippen LogP) is 8.66. The average molecular weight is 552 g/mol. The van der Waals surface area contributed by atoms with Gasteiger partial charge < -0.3 is 4.43 Å². The number of aryl methyl sites for hydroxylation is 1. The highest BCUT2D eigenvalue weighted by molar-refractivity contribution is 6.99.